The molecule has 0 aromatic rings. The molecule has 0 unspecified atom stereocenters. The molecule has 0 aromatic carbocycles. The van der Waals surface area contributed by atoms with Crippen LogP contribution in [0.15, 0.2) is 0 Å². The molecule has 0 heterocycles. The molecule has 1 fully saturated rings. The van der Waals surface area contributed by atoms with Crippen LogP contribution in [-0.4, -0.2) is 38.6 Å². The van der Waals surface area contributed by atoms with Crippen molar-refractivity contribution in [1.82, 2.24) is 10.6 Å². The topological polar surface area (TPSA) is 67.4 Å². The van der Waals surface area contributed by atoms with Gasteiger partial charge < -0.3 is 15.4 Å². The van der Waals surface area contributed by atoms with E-state index >= 15 is 0 Å². The zero-order valence-corrected chi connectivity index (χ0v) is 11.5. The summed E-state index contributed by atoms with van der Waals surface area (Å²) in [5, 5.41) is 5.60. The molecule has 0 atom stereocenters. The van der Waals surface area contributed by atoms with Crippen LogP contribution >= 0.6 is 0 Å². The number of ether oxygens (including phenoxy) is 1. The number of hydrogen-bond acceptors (Lipinski definition) is 3. The number of rotatable bonds is 8. The third-order valence-corrected chi connectivity index (χ3v) is 3.22. The van der Waals surface area contributed by atoms with Crippen molar-refractivity contribution >= 4 is 11.8 Å². The van der Waals surface area contributed by atoms with Gasteiger partial charge in [0.25, 0.3) is 0 Å². The fourth-order valence-corrected chi connectivity index (χ4v) is 1.76. The molecular formula is C13H24N2O3. The first-order chi connectivity index (χ1) is 8.53. The van der Waals surface area contributed by atoms with Crippen LogP contribution in [0.4, 0.5) is 0 Å². The molecule has 2 N–H and O–H groups in total. The molecular weight excluding hydrogens is 232 g/mol. The standard InChI is InChI=1S/C13H24N2O3/c1-10(2)4-7-14-11(16)13(5-6-13)12(17)15-8-9-18-3/h10H,4-9H2,1-3H3,(H,14,16)(H,15,17). The second-order valence-electron chi connectivity index (χ2n) is 5.27. The Hall–Kier alpha value is -1.10. The van der Waals surface area contributed by atoms with E-state index in [1.165, 1.54) is 0 Å². The van der Waals surface area contributed by atoms with E-state index in [1.807, 2.05) is 0 Å². The van der Waals surface area contributed by atoms with E-state index in [2.05, 4.69) is 24.5 Å². The van der Waals surface area contributed by atoms with Gasteiger partial charge in [0.2, 0.25) is 11.8 Å². The lowest BCUT2D eigenvalue weighted by atomic mass is 10.0. The number of amides is 2. The molecule has 0 radical (unpaired) electrons. The Morgan fingerprint density at radius 3 is 2.17 bits per heavy atom. The van der Waals surface area contributed by atoms with Crippen LogP contribution in [0, 0.1) is 11.3 Å². The third kappa shape index (κ3) is 3.98. The summed E-state index contributed by atoms with van der Waals surface area (Å²) in [5.41, 5.74) is -0.801. The van der Waals surface area contributed by atoms with E-state index in [0.29, 0.717) is 38.5 Å². The molecule has 1 saturated carbocycles. The Morgan fingerprint density at radius 1 is 1.17 bits per heavy atom. The molecule has 0 aliphatic heterocycles. The second-order valence-corrected chi connectivity index (χ2v) is 5.27. The quantitative estimate of drug-likeness (QED) is 0.496. The van der Waals surface area contributed by atoms with Gasteiger partial charge in [0.05, 0.1) is 6.61 Å². The molecule has 1 aliphatic carbocycles. The Balaban J connectivity index is 2.33. The van der Waals surface area contributed by atoms with Gasteiger partial charge in [-0.3, -0.25) is 9.59 Å². The van der Waals surface area contributed by atoms with Gasteiger partial charge in [0.15, 0.2) is 0 Å². The van der Waals surface area contributed by atoms with E-state index in [9.17, 15) is 9.59 Å². The summed E-state index contributed by atoms with van der Waals surface area (Å²) in [7, 11) is 1.58. The third-order valence-electron chi connectivity index (χ3n) is 3.22. The molecule has 5 heteroatoms. The molecule has 1 aliphatic rings. The molecule has 18 heavy (non-hydrogen) atoms. The predicted molar refractivity (Wildman–Crippen MR) is 69.0 cm³/mol. The van der Waals surface area contributed by atoms with E-state index in [1.54, 1.807) is 7.11 Å². The predicted octanol–water partition coefficient (Wildman–Crippen LogP) is 0.691. The van der Waals surface area contributed by atoms with Crippen molar-refractivity contribution in [3.05, 3.63) is 0 Å². The van der Waals surface area contributed by atoms with Crippen molar-refractivity contribution in [2.24, 2.45) is 11.3 Å². The van der Waals surface area contributed by atoms with Gasteiger partial charge in [0, 0.05) is 20.2 Å². The summed E-state index contributed by atoms with van der Waals surface area (Å²) >= 11 is 0. The first kappa shape index (κ1) is 15.0. The van der Waals surface area contributed by atoms with Crippen molar-refractivity contribution < 1.29 is 14.3 Å². The Kier molecular flexibility index (Phi) is 5.59. The number of carbonyl (C=O) groups excluding carboxylic acids is 2. The van der Waals surface area contributed by atoms with Crippen LogP contribution in [0.25, 0.3) is 0 Å². The summed E-state index contributed by atoms with van der Waals surface area (Å²) in [6.07, 6.45) is 2.24. The van der Waals surface area contributed by atoms with Gasteiger partial charge >= 0.3 is 0 Å². The number of carbonyl (C=O) groups is 2. The Morgan fingerprint density at radius 2 is 1.72 bits per heavy atom. The maximum absolute atomic E-state index is 12.0. The smallest absolute Gasteiger partial charge is 0.235 e. The summed E-state index contributed by atoms with van der Waals surface area (Å²) in [5.74, 6) is 0.260. The monoisotopic (exact) mass is 256 g/mol. The molecule has 0 saturated heterocycles. The van der Waals surface area contributed by atoms with Crippen molar-refractivity contribution in [2.75, 3.05) is 26.8 Å². The van der Waals surface area contributed by atoms with Gasteiger partial charge in [-0.15, -0.1) is 0 Å². The van der Waals surface area contributed by atoms with E-state index < -0.39 is 5.41 Å². The van der Waals surface area contributed by atoms with Crippen molar-refractivity contribution in [3.8, 4) is 0 Å². The lowest BCUT2D eigenvalue weighted by Crippen LogP contribution is -2.44. The largest absolute Gasteiger partial charge is 0.383 e. The average molecular weight is 256 g/mol. The summed E-state index contributed by atoms with van der Waals surface area (Å²) in [6, 6.07) is 0. The normalized spacial score (nSPS) is 16.4. The molecule has 0 bridgehead atoms. The highest BCUT2D eigenvalue weighted by atomic mass is 16.5. The Labute approximate surface area is 109 Å². The summed E-state index contributed by atoms with van der Waals surface area (Å²) in [6.45, 7) is 5.78. The highest BCUT2D eigenvalue weighted by Gasteiger charge is 2.56. The average Bonchev–Trinajstić information content (AvgIpc) is 3.09. The summed E-state index contributed by atoms with van der Waals surface area (Å²) < 4.78 is 4.86. The molecule has 5 nitrogen and oxygen atoms in total. The van der Waals surface area contributed by atoms with Gasteiger partial charge in [-0.05, 0) is 25.2 Å². The minimum atomic E-state index is -0.801. The van der Waals surface area contributed by atoms with Crippen LogP contribution in [0.5, 0.6) is 0 Å². The van der Waals surface area contributed by atoms with E-state index in [-0.39, 0.29) is 11.8 Å². The van der Waals surface area contributed by atoms with Crippen LogP contribution < -0.4 is 10.6 Å². The van der Waals surface area contributed by atoms with Gasteiger partial charge in [0.1, 0.15) is 5.41 Å². The van der Waals surface area contributed by atoms with Crippen LogP contribution in [0.1, 0.15) is 33.1 Å². The molecule has 1 rings (SSSR count). The van der Waals surface area contributed by atoms with Crippen molar-refractivity contribution in [1.29, 1.82) is 0 Å². The molecule has 2 amide bonds. The van der Waals surface area contributed by atoms with E-state index in [4.69, 9.17) is 4.74 Å². The van der Waals surface area contributed by atoms with Crippen LogP contribution in [-0.2, 0) is 14.3 Å². The van der Waals surface area contributed by atoms with Crippen molar-refractivity contribution in [2.45, 2.75) is 33.1 Å². The van der Waals surface area contributed by atoms with Gasteiger partial charge in [-0.1, -0.05) is 13.8 Å². The Bertz CT molecular complexity index is 299. The van der Waals surface area contributed by atoms with Crippen LogP contribution in [0.2, 0.25) is 0 Å². The zero-order chi connectivity index (χ0) is 13.6. The highest BCUT2D eigenvalue weighted by Crippen LogP contribution is 2.46. The second kappa shape index (κ2) is 6.73. The molecule has 104 valence electrons. The molecule has 0 spiro atoms. The maximum atomic E-state index is 12.0. The van der Waals surface area contributed by atoms with Gasteiger partial charge in [-0.2, -0.15) is 0 Å². The lowest BCUT2D eigenvalue weighted by Gasteiger charge is -2.15. The lowest BCUT2D eigenvalue weighted by molar-refractivity contribution is -0.137. The SMILES string of the molecule is COCCNC(=O)C1(C(=O)NCCC(C)C)CC1. The minimum absolute atomic E-state index is 0.127. The number of nitrogens with one attached hydrogen (secondary N) is 2. The maximum Gasteiger partial charge on any atom is 0.235 e. The number of hydrogen-bond donors (Lipinski definition) is 2. The van der Waals surface area contributed by atoms with E-state index in [0.717, 1.165) is 6.42 Å². The minimum Gasteiger partial charge on any atom is -0.383 e. The summed E-state index contributed by atoms with van der Waals surface area (Å²) in [4.78, 5) is 23.9. The zero-order valence-electron chi connectivity index (χ0n) is 11.5. The fourth-order valence-electron chi connectivity index (χ4n) is 1.76. The van der Waals surface area contributed by atoms with Crippen LogP contribution in [0.3, 0.4) is 0 Å². The number of methoxy groups -OCH3 is 1. The fraction of sp³-hybridized carbons (Fsp3) is 0.846. The highest BCUT2D eigenvalue weighted by molar-refractivity contribution is 6.07. The van der Waals surface area contributed by atoms with Gasteiger partial charge in [-0.25, -0.2) is 0 Å². The first-order valence-corrected chi connectivity index (χ1v) is 6.58. The molecule has 0 aromatic heterocycles. The van der Waals surface area contributed by atoms with Crippen molar-refractivity contribution in [3.63, 3.8) is 0 Å². The first-order valence-electron chi connectivity index (χ1n) is 6.58.